The number of carbonyl (C=O) groups is 1. The summed E-state index contributed by atoms with van der Waals surface area (Å²) in [6, 6.07) is 11.5. The van der Waals surface area contributed by atoms with Gasteiger partial charge in [0.2, 0.25) is 5.91 Å². The lowest BCUT2D eigenvalue weighted by Crippen LogP contribution is -2.13. The van der Waals surface area contributed by atoms with E-state index in [1.165, 1.54) is 0 Å². The van der Waals surface area contributed by atoms with Crippen molar-refractivity contribution in [3.8, 4) is 0 Å². The van der Waals surface area contributed by atoms with E-state index in [4.69, 9.17) is 0 Å². The maximum Gasteiger partial charge on any atom is 0.224 e. The zero-order chi connectivity index (χ0) is 15.2. The van der Waals surface area contributed by atoms with Gasteiger partial charge in [-0.25, -0.2) is 4.98 Å². The molecule has 0 saturated heterocycles. The highest BCUT2D eigenvalue weighted by Gasteiger charge is 2.06. The van der Waals surface area contributed by atoms with Gasteiger partial charge in [-0.2, -0.15) is 0 Å². The van der Waals surface area contributed by atoms with Gasteiger partial charge in [0.15, 0.2) is 0 Å². The molecule has 0 atom stereocenters. The van der Waals surface area contributed by atoms with Crippen LogP contribution >= 0.6 is 15.9 Å². The van der Waals surface area contributed by atoms with E-state index in [1.807, 2.05) is 50.2 Å². The van der Waals surface area contributed by atoms with Crippen LogP contribution in [-0.2, 0) is 4.79 Å². The van der Waals surface area contributed by atoms with Crippen molar-refractivity contribution >= 4 is 39.0 Å². The highest BCUT2D eigenvalue weighted by atomic mass is 79.9. The molecule has 4 nitrogen and oxygen atoms in total. The molecule has 1 heterocycles. The van der Waals surface area contributed by atoms with Crippen LogP contribution in [0.2, 0.25) is 0 Å². The Hall–Kier alpha value is -1.88. The van der Waals surface area contributed by atoms with Gasteiger partial charge in [0.1, 0.15) is 5.82 Å². The van der Waals surface area contributed by atoms with Gasteiger partial charge in [-0.05, 0) is 46.1 Å². The molecular formula is C16H18BrN3O. The van der Waals surface area contributed by atoms with Crippen LogP contribution in [0, 0.1) is 5.92 Å². The molecule has 0 spiro atoms. The average molecular weight is 348 g/mol. The molecule has 0 bridgehead atoms. The Bertz CT molecular complexity index is 611. The molecule has 0 saturated carbocycles. The summed E-state index contributed by atoms with van der Waals surface area (Å²) < 4.78 is 0.973. The largest absolute Gasteiger partial charge is 0.339 e. The van der Waals surface area contributed by atoms with E-state index in [0.29, 0.717) is 18.0 Å². The van der Waals surface area contributed by atoms with Crippen LogP contribution in [0.5, 0.6) is 0 Å². The molecule has 2 rings (SSSR count). The maximum atomic E-state index is 11.7. The molecule has 1 aromatic carbocycles. The SMILES string of the molecule is CC(C)CC(=O)Nc1ccc(Nc2ccccc2Br)nc1. The van der Waals surface area contributed by atoms with Crippen LogP contribution in [0.3, 0.4) is 0 Å². The van der Waals surface area contributed by atoms with Gasteiger partial charge in [0.25, 0.3) is 0 Å². The van der Waals surface area contributed by atoms with Crippen molar-refractivity contribution in [2.24, 2.45) is 5.92 Å². The lowest BCUT2D eigenvalue weighted by Gasteiger charge is -2.09. The Morgan fingerprint density at radius 1 is 1.24 bits per heavy atom. The predicted octanol–water partition coefficient (Wildman–Crippen LogP) is 4.57. The number of halogens is 1. The fraction of sp³-hybridized carbons (Fsp3) is 0.250. The molecule has 0 aliphatic rings. The van der Waals surface area contributed by atoms with E-state index in [9.17, 15) is 4.79 Å². The summed E-state index contributed by atoms with van der Waals surface area (Å²) in [6.07, 6.45) is 2.16. The minimum absolute atomic E-state index is 0.0123. The summed E-state index contributed by atoms with van der Waals surface area (Å²) in [7, 11) is 0. The lowest BCUT2D eigenvalue weighted by atomic mass is 10.1. The normalized spacial score (nSPS) is 10.5. The van der Waals surface area contributed by atoms with Crippen molar-refractivity contribution in [3.63, 3.8) is 0 Å². The zero-order valence-corrected chi connectivity index (χ0v) is 13.6. The Balaban J connectivity index is 1.99. The number of aromatic nitrogens is 1. The average Bonchev–Trinajstić information content (AvgIpc) is 2.42. The van der Waals surface area contributed by atoms with Crippen LogP contribution in [0.4, 0.5) is 17.2 Å². The van der Waals surface area contributed by atoms with Gasteiger partial charge in [0, 0.05) is 10.9 Å². The molecule has 21 heavy (non-hydrogen) atoms. The molecule has 2 N–H and O–H groups in total. The second-order valence-corrected chi connectivity index (χ2v) is 6.04. The topological polar surface area (TPSA) is 54.0 Å². The Morgan fingerprint density at radius 3 is 2.62 bits per heavy atom. The maximum absolute atomic E-state index is 11.7. The first-order valence-corrected chi connectivity index (χ1v) is 7.61. The molecule has 0 aliphatic carbocycles. The number of nitrogens with one attached hydrogen (secondary N) is 2. The van der Waals surface area contributed by atoms with Gasteiger partial charge in [0.05, 0.1) is 17.6 Å². The first-order valence-electron chi connectivity index (χ1n) is 6.82. The van der Waals surface area contributed by atoms with Crippen molar-refractivity contribution in [1.29, 1.82) is 0 Å². The van der Waals surface area contributed by atoms with Gasteiger partial charge >= 0.3 is 0 Å². The fourth-order valence-corrected chi connectivity index (χ4v) is 2.21. The van der Waals surface area contributed by atoms with Gasteiger partial charge in [-0.15, -0.1) is 0 Å². The minimum Gasteiger partial charge on any atom is -0.339 e. The van der Waals surface area contributed by atoms with Gasteiger partial charge < -0.3 is 10.6 Å². The monoisotopic (exact) mass is 347 g/mol. The van der Waals surface area contributed by atoms with Crippen LogP contribution in [-0.4, -0.2) is 10.9 Å². The summed E-state index contributed by atoms with van der Waals surface area (Å²) in [5.74, 6) is 1.08. The highest BCUT2D eigenvalue weighted by Crippen LogP contribution is 2.24. The molecular weight excluding hydrogens is 330 g/mol. The molecule has 1 aromatic heterocycles. The Kier molecular flexibility index (Phi) is 5.33. The molecule has 0 aliphatic heterocycles. The first kappa shape index (κ1) is 15.5. The van der Waals surface area contributed by atoms with E-state index in [0.717, 1.165) is 16.0 Å². The molecule has 2 aromatic rings. The number of rotatable bonds is 5. The van der Waals surface area contributed by atoms with Crippen molar-refractivity contribution < 1.29 is 4.79 Å². The van der Waals surface area contributed by atoms with Crippen LogP contribution in [0.15, 0.2) is 47.1 Å². The lowest BCUT2D eigenvalue weighted by molar-refractivity contribution is -0.116. The number of anilines is 3. The third-order valence-electron chi connectivity index (χ3n) is 2.78. The van der Waals surface area contributed by atoms with Crippen molar-refractivity contribution in [2.75, 3.05) is 10.6 Å². The smallest absolute Gasteiger partial charge is 0.224 e. The van der Waals surface area contributed by atoms with E-state index in [-0.39, 0.29) is 5.91 Å². The van der Waals surface area contributed by atoms with E-state index in [2.05, 4.69) is 31.5 Å². The third-order valence-corrected chi connectivity index (χ3v) is 3.47. The van der Waals surface area contributed by atoms with Crippen molar-refractivity contribution in [2.45, 2.75) is 20.3 Å². The summed E-state index contributed by atoms with van der Waals surface area (Å²) in [5, 5.41) is 6.05. The standard InChI is InChI=1S/C16H18BrN3O/c1-11(2)9-16(21)19-12-7-8-15(18-10-12)20-14-6-4-3-5-13(14)17/h3-8,10-11H,9H2,1-2H3,(H,18,20)(H,19,21). The van der Waals surface area contributed by atoms with Crippen molar-refractivity contribution in [3.05, 3.63) is 47.1 Å². The van der Waals surface area contributed by atoms with Gasteiger partial charge in [-0.1, -0.05) is 26.0 Å². The number of amides is 1. The molecule has 5 heteroatoms. The molecule has 0 unspecified atom stereocenters. The summed E-state index contributed by atoms with van der Waals surface area (Å²) in [5.41, 5.74) is 1.65. The first-order chi connectivity index (χ1) is 10.0. The number of benzene rings is 1. The number of hydrogen-bond acceptors (Lipinski definition) is 3. The van der Waals surface area contributed by atoms with Crippen LogP contribution in [0.25, 0.3) is 0 Å². The number of pyridine rings is 1. The zero-order valence-electron chi connectivity index (χ0n) is 12.1. The van der Waals surface area contributed by atoms with Gasteiger partial charge in [-0.3, -0.25) is 4.79 Å². The van der Waals surface area contributed by atoms with Crippen LogP contribution in [0.1, 0.15) is 20.3 Å². The van der Waals surface area contributed by atoms with Crippen LogP contribution < -0.4 is 10.6 Å². The van der Waals surface area contributed by atoms with E-state index >= 15 is 0 Å². The predicted molar refractivity (Wildman–Crippen MR) is 89.7 cm³/mol. The summed E-state index contributed by atoms with van der Waals surface area (Å²) in [6.45, 7) is 4.03. The Labute approximate surface area is 133 Å². The molecule has 1 amide bonds. The third kappa shape index (κ3) is 4.86. The number of nitrogens with zero attached hydrogens (tertiary/aromatic N) is 1. The second-order valence-electron chi connectivity index (χ2n) is 5.18. The Morgan fingerprint density at radius 2 is 2.00 bits per heavy atom. The number of hydrogen-bond donors (Lipinski definition) is 2. The summed E-state index contributed by atoms with van der Waals surface area (Å²) in [4.78, 5) is 16.0. The van der Waals surface area contributed by atoms with Crippen molar-refractivity contribution in [1.82, 2.24) is 4.98 Å². The number of para-hydroxylation sites is 1. The second kappa shape index (κ2) is 7.22. The molecule has 0 radical (unpaired) electrons. The number of carbonyl (C=O) groups excluding carboxylic acids is 1. The van der Waals surface area contributed by atoms with E-state index in [1.54, 1.807) is 6.20 Å². The molecule has 0 fully saturated rings. The molecule has 110 valence electrons. The quantitative estimate of drug-likeness (QED) is 0.832. The minimum atomic E-state index is 0.0123. The highest BCUT2D eigenvalue weighted by molar-refractivity contribution is 9.10. The van der Waals surface area contributed by atoms with E-state index < -0.39 is 0 Å². The fourth-order valence-electron chi connectivity index (χ4n) is 1.83. The summed E-state index contributed by atoms with van der Waals surface area (Å²) >= 11 is 3.48.